The van der Waals surface area contributed by atoms with Gasteiger partial charge in [0.15, 0.2) is 0 Å². The van der Waals surface area contributed by atoms with E-state index in [1.54, 1.807) is 0 Å². The van der Waals surface area contributed by atoms with Crippen LogP contribution in [0.25, 0.3) is 0 Å². The van der Waals surface area contributed by atoms with Crippen molar-refractivity contribution in [2.24, 2.45) is 11.7 Å². The first-order valence-corrected chi connectivity index (χ1v) is 6.48. The van der Waals surface area contributed by atoms with Crippen LogP contribution >= 0.6 is 0 Å². The van der Waals surface area contributed by atoms with Gasteiger partial charge < -0.3 is 16.2 Å². The molecule has 18 heavy (non-hydrogen) atoms. The molecule has 0 bridgehead atoms. The Morgan fingerprint density at radius 2 is 1.94 bits per heavy atom. The lowest BCUT2D eigenvalue weighted by atomic mass is 9.82. The molecule has 0 unspecified atom stereocenters. The number of carboxylic acid groups (broad SMARTS) is 1. The fraction of sp³-hybridized carbons (Fsp3) is 0.833. The quantitative estimate of drug-likeness (QED) is 0.609. The zero-order valence-electron chi connectivity index (χ0n) is 10.5. The highest BCUT2D eigenvalue weighted by Crippen LogP contribution is 2.30. The highest BCUT2D eigenvalue weighted by molar-refractivity contribution is 5.74. The number of nitrogens with one attached hydrogen (secondary N) is 1. The van der Waals surface area contributed by atoms with E-state index in [4.69, 9.17) is 10.8 Å². The first kappa shape index (κ1) is 13.3. The van der Waals surface area contributed by atoms with Crippen LogP contribution in [0, 0.1) is 5.92 Å². The van der Waals surface area contributed by atoms with Crippen LogP contribution < -0.4 is 11.1 Å². The second-order valence-corrected chi connectivity index (χ2v) is 5.50. The molecule has 2 fully saturated rings. The molecule has 0 aliphatic carbocycles. The van der Waals surface area contributed by atoms with Crippen molar-refractivity contribution in [1.29, 1.82) is 0 Å². The predicted molar refractivity (Wildman–Crippen MR) is 66.0 cm³/mol. The summed E-state index contributed by atoms with van der Waals surface area (Å²) < 4.78 is 0. The summed E-state index contributed by atoms with van der Waals surface area (Å²) in [7, 11) is 0. The van der Waals surface area contributed by atoms with E-state index in [0.29, 0.717) is 12.3 Å². The Bertz CT molecular complexity index is 333. The maximum atomic E-state index is 10.9. The van der Waals surface area contributed by atoms with Gasteiger partial charge in [-0.1, -0.05) is 0 Å². The minimum absolute atomic E-state index is 0.195. The largest absolute Gasteiger partial charge is 0.481 e. The van der Waals surface area contributed by atoms with Crippen molar-refractivity contribution >= 4 is 11.9 Å². The molecule has 0 radical (unpaired) electrons. The number of carboxylic acids is 1. The molecule has 0 spiro atoms. The van der Waals surface area contributed by atoms with Crippen molar-refractivity contribution in [3.63, 3.8) is 0 Å². The van der Waals surface area contributed by atoms with Crippen molar-refractivity contribution in [1.82, 2.24) is 10.2 Å². The van der Waals surface area contributed by atoms with Crippen molar-refractivity contribution < 1.29 is 14.7 Å². The highest BCUT2D eigenvalue weighted by atomic mass is 16.4. The SMILES string of the molecule is NC(=O)CC1CCN(C2(CC(=O)O)CNC2)CC1. The number of carbonyl (C=O) groups is 2. The molecule has 0 aromatic heterocycles. The number of hydrogen-bond donors (Lipinski definition) is 3. The van der Waals surface area contributed by atoms with E-state index in [0.717, 1.165) is 39.0 Å². The fourth-order valence-electron chi connectivity index (χ4n) is 3.05. The molecule has 2 saturated heterocycles. The van der Waals surface area contributed by atoms with Gasteiger partial charge in [0.25, 0.3) is 0 Å². The fourth-order valence-corrected chi connectivity index (χ4v) is 3.05. The lowest BCUT2D eigenvalue weighted by Crippen LogP contribution is -2.70. The van der Waals surface area contributed by atoms with Crippen LogP contribution in [0.15, 0.2) is 0 Å². The van der Waals surface area contributed by atoms with Crippen LogP contribution in [-0.4, -0.2) is 53.6 Å². The van der Waals surface area contributed by atoms with E-state index in [1.165, 1.54) is 0 Å². The summed E-state index contributed by atoms with van der Waals surface area (Å²) in [5, 5.41) is 12.2. The van der Waals surface area contributed by atoms with Gasteiger partial charge in [0.05, 0.1) is 12.0 Å². The van der Waals surface area contributed by atoms with Gasteiger partial charge in [-0.25, -0.2) is 0 Å². The number of rotatable bonds is 5. The van der Waals surface area contributed by atoms with E-state index >= 15 is 0 Å². The molecular formula is C12H21N3O3. The number of carbonyl (C=O) groups excluding carboxylic acids is 1. The Morgan fingerprint density at radius 3 is 2.33 bits per heavy atom. The molecule has 6 nitrogen and oxygen atoms in total. The van der Waals surface area contributed by atoms with Gasteiger partial charge in [-0.05, 0) is 31.8 Å². The number of nitrogens with zero attached hydrogens (tertiary/aromatic N) is 1. The number of nitrogens with two attached hydrogens (primary N) is 1. The molecule has 1 amide bonds. The summed E-state index contributed by atoms with van der Waals surface area (Å²) >= 11 is 0. The van der Waals surface area contributed by atoms with Crippen LogP contribution in [-0.2, 0) is 9.59 Å². The van der Waals surface area contributed by atoms with Crippen molar-refractivity contribution in [3.8, 4) is 0 Å². The molecule has 0 aromatic carbocycles. The minimum atomic E-state index is -0.740. The first-order chi connectivity index (χ1) is 8.52. The molecule has 0 atom stereocenters. The van der Waals surface area contributed by atoms with Crippen molar-refractivity contribution in [2.75, 3.05) is 26.2 Å². The third kappa shape index (κ3) is 2.81. The standard InChI is InChI=1S/C12H21N3O3/c13-10(16)5-9-1-3-15(4-2-9)12(6-11(17)18)7-14-8-12/h9,14H,1-8H2,(H2,13,16)(H,17,18). The van der Waals surface area contributed by atoms with Gasteiger partial charge >= 0.3 is 5.97 Å². The maximum absolute atomic E-state index is 10.9. The Kier molecular flexibility index (Phi) is 3.87. The molecule has 2 aliphatic rings. The van der Waals surface area contributed by atoms with Gasteiger partial charge in [0.2, 0.25) is 5.91 Å². The van der Waals surface area contributed by atoms with Crippen LogP contribution in [0.1, 0.15) is 25.7 Å². The van der Waals surface area contributed by atoms with Crippen LogP contribution in [0.3, 0.4) is 0 Å². The van der Waals surface area contributed by atoms with Gasteiger partial charge in [0, 0.05) is 19.5 Å². The van der Waals surface area contributed by atoms with E-state index in [-0.39, 0.29) is 17.9 Å². The lowest BCUT2D eigenvalue weighted by Gasteiger charge is -2.52. The molecule has 0 saturated carbocycles. The van der Waals surface area contributed by atoms with E-state index < -0.39 is 5.97 Å². The molecule has 0 aromatic rings. The molecule has 2 aliphatic heterocycles. The van der Waals surface area contributed by atoms with Crippen molar-refractivity contribution in [2.45, 2.75) is 31.2 Å². The topological polar surface area (TPSA) is 95.7 Å². The smallest absolute Gasteiger partial charge is 0.305 e. The van der Waals surface area contributed by atoms with E-state index in [2.05, 4.69) is 10.2 Å². The highest BCUT2D eigenvalue weighted by Gasteiger charge is 2.45. The second kappa shape index (κ2) is 5.24. The third-order valence-corrected chi connectivity index (χ3v) is 4.16. The van der Waals surface area contributed by atoms with Gasteiger partial charge in [0.1, 0.15) is 0 Å². The van der Waals surface area contributed by atoms with Gasteiger partial charge in [-0.2, -0.15) is 0 Å². The molecule has 102 valence electrons. The molecule has 4 N–H and O–H groups in total. The van der Waals surface area contributed by atoms with Gasteiger partial charge in [-0.3, -0.25) is 14.5 Å². The second-order valence-electron chi connectivity index (χ2n) is 5.50. The number of hydrogen-bond acceptors (Lipinski definition) is 4. The Balaban J connectivity index is 1.88. The third-order valence-electron chi connectivity index (χ3n) is 4.16. The van der Waals surface area contributed by atoms with Gasteiger partial charge in [-0.15, -0.1) is 0 Å². The predicted octanol–water partition coefficient (Wildman–Crippen LogP) is -0.609. The number of piperidine rings is 1. The Labute approximate surface area is 107 Å². The molecule has 2 heterocycles. The summed E-state index contributed by atoms with van der Waals surface area (Å²) in [4.78, 5) is 24.1. The zero-order chi connectivity index (χ0) is 13.2. The van der Waals surface area contributed by atoms with Crippen LogP contribution in [0.2, 0.25) is 0 Å². The number of primary amides is 1. The number of likely N-dealkylation sites (tertiary alicyclic amines) is 1. The Hall–Kier alpha value is -1.14. The normalized spacial score (nSPS) is 24.4. The first-order valence-electron chi connectivity index (χ1n) is 6.48. The van der Waals surface area contributed by atoms with E-state index in [1.807, 2.05) is 0 Å². The van der Waals surface area contributed by atoms with Crippen LogP contribution in [0.4, 0.5) is 0 Å². The van der Waals surface area contributed by atoms with E-state index in [9.17, 15) is 9.59 Å². The summed E-state index contributed by atoms with van der Waals surface area (Å²) in [5.74, 6) is -0.608. The minimum Gasteiger partial charge on any atom is -0.481 e. The Morgan fingerprint density at radius 1 is 1.33 bits per heavy atom. The lowest BCUT2D eigenvalue weighted by molar-refractivity contribution is -0.142. The average molecular weight is 255 g/mol. The zero-order valence-corrected chi connectivity index (χ0v) is 10.5. The average Bonchev–Trinajstić information content (AvgIpc) is 2.24. The molecule has 6 heteroatoms. The molecule has 2 rings (SSSR count). The summed E-state index contributed by atoms with van der Waals surface area (Å²) in [5.41, 5.74) is 5.00. The summed E-state index contributed by atoms with van der Waals surface area (Å²) in [6.07, 6.45) is 2.52. The summed E-state index contributed by atoms with van der Waals surface area (Å²) in [6, 6.07) is 0. The maximum Gasteiger partial charge on any atom is 0.305 e. The monoisotopic (exact) mass is 255 g/mol. The summed E-state index contributed by atoms with van der Waals surface area (Å²) in [6.45, 7) is 3.24. The number of aliphatic carboxylic acids is 1. The molecular weight excluding hydrogens is 234 g/mol. The van der Waals surface area contributed by atoms with Crippen LogP contribution in [0.5, 0.6) is 0 Å². The van der Waals surface area contributed by atoms with Crippen molar-refractivity contribution in [3.05, 3.63) is 0 Å². The number of amides is 1.